The second kappa shape index (κ2) is 6.28. The molecule has 4 nitrogen and oxygen atoms in total. The zero-order chi connectivity index (χ0) is 16.4. The van der Waals surface area contributed by atoms with Crippen LogP contribution in [0.5, 0.6) is 5.88 Å². The Bertz CT molecular complexity index is 851. The lowest BCUT2D eigenvalue weighted by molar-refractivity contribution is 0.292. The highest BCUT2D eigenvalue weighted by Crippen LogP contribution is 2.32. The van der Waals surface area contributed by atoms with Gasteiger partial charge in [-0.25, -0.2) is 9.37 Å². The second-order valence-electron chi connectivity index (χ2n) is 5.56. The number of nitrogens with zero attached hydrogens (tertiary/aromatic N) is 3. The molecule has 3 aromatic rings. The van der Waals surface area contributed by atoms with Gasteiger partial charge in [0.25, 0.3) is 0 Å². The standard InChI is InChI=1S/C19H15FN3O/c20-16-7-5-14(6-8-16)13-24-18-9-11-21-19(22-18)23-12-10-15-3-1-2-4-17(15)23/h1-8,11H,10,12-13H2. The third-order valence-corrected chi connectivity index (χ3v) is 3.99. The minimum atomic E-state index is -0.262. The molecule has 0 atom stereocenters. The Labute approximate surface area is 139 Å². The molecular formula is C19H15FN3O. The van der Waals surface area contributed by atoms with E-state index >= 15 is 0 Å². The predicted molar refractivity (Wildman–Crippen MR) is 88.8 cm³/mol. The molecule has 2 heterocycles. The molecule has 0 aliphatic carbocycles. The predicted octanol–water partition coefficient (Wildman–Crippen LogP) is 3.69. The molecule has 1 aliphatic rings. The first kappa shape index (κ1) is 14.6. The number of benzene rings is 2. The molecule has 1 radical (unpaired) electrons. The summed E-state index contributed by atoms with van der Waals surface area (Å²) in [6.07, 6.45) is 2.55. The zero-order valence-corrected chi connectivity index (χ0v) is 12.9. The number of anilines is 2. The Morgan fingerprint density at radius 3 is 2.83 bits per heavy atom. The molecule has 2 aromatic carbocycles. The molecule has 0 saturated carbocycles. The molecule has 0 fully saturated rings. The van der Waals surface area contributed by atoms with Crippen molar-refractivity contribution in [1.29, 1.82) is 0 Å². The lowest BCUT2D eigenvalue weighted by Crippen LogP contribution is -2.16. The van der Waals surface area contributed by atoms with Crippen LogP contribution in [-0.2, 0) is 13.0 Å². The first-order chi connectivity index (χ1) is 11.8. The highest BCUT2D eigenvalue weighted by Gasteiger charge is 2.22. The van der Waals surface area contributed by atoms with E-state index in [0.29, 0.717) is 18.4 Å². The molecule has 0 bridgehead atoms. The van der Waals surface area contributed by atoms with Crippen molar-refractivity contribution in [1.82, 2.24) is 9.97 Å². The largest absolute Gasteiger partial charge is 0.472 e. The van der Waals surface area contributed by atoms with E-state index in [0.717, 1.165) is 24.2 Å². The first-order valence-corrected chi connectivity index (χ1v) is 7.77. The number of fused-ring (bicyclic) bond motifs is 1. The van der Waals surface area contributed by atoms with Gasteiger partial charge in [-0.3, -0.25) is 0 Å². The summed E-state index contributed by atoms with van der Waals surface area (Å²) in [5.74, 6) is 0.726. The maximum atomic E-state index is 12.9. The molecule has 5 heteroatoms. The number of aromatic nitrogens is 2. The molecule has 0 N–H and O–H groups in total. The van der Waals surface area contributed by atoms with E-state index in [4.69, 9.17) is 4.74 Å². The number of ether oxygens (including phenoxy) is 1. The van der Waals surface area contributed by atoms with Gasteiger partial charge in [-0.15, -0.1) is 0 Å². The minimum absolute atomic E-state index is 0.262. The number of halogens is 1. The van der Waals surface area contributed by atoms with Crippen molar-refractivity contribution in [2.75, 3.05) is 11.4 Å². The van der Waals surface area contributed by atoms with E-state index in [2.05, 4.69) is 33.1 Å². The maximum absolute atomic E-state index is 12.9. The van der Waals surface area contributed by atoms with Gasteiger partial charge in [0.1, 0.15) is 12.4 Å². The quantitative estimate of drug-likeness (QED) is 0.735. The third-order valence-electron chi connectivity index (χ3n) is 3.99. The Hall–Kier alpha value is -2.95. The van der Waals surface area contributed by atoms with Crippen LogP contribution in [0, 0.1) is 11.9 Å². The van der Waals surface area contributed by atoms with Gasteiger partial charge in [-0.05, 0) is 35.7 Å². The summed E-state index contributed by atoms with van der Waals surface area (Å²) in [5.41, 5.74) is 3.30. The molecule has 1 aliphatic heterocycles. The van der Waals surface area contributed by atoms with Crippen molar-refractivity contribution in [3.63, 3.8) is 0 Å². The summed E-state index contributed by atoms with van der Waals surface area (Å²) in [6, 6.07) is 17.3. The Balaban J connectivity index is 1.51. The molecule has 24 heavy (non-hydrogen) atoms. The highest BCUT2D eigenvalue weighted by atomic mass is 19.1. The summed E-state index contributed by atoms with van der Waals surface area (Å²) in [5, 5.41) is 0. The van der Waals surface area contributed by atoms with E-state index in [1.54, 1.807) is 18.3 Å². The summed E-state index contributed by atoms with van der Waals surface area (Å²) in [7, 11) is 0. The topological polar surface area (TPSA) is 38.2 Å². The summed E-state index contributed by atoms with van der Waals surface area (Å²) < 4.78 is 18.6. The van der Waals surface area contributed by atoms with Crippen molar-refractivity contribution in [3.05, 3.63) is 77.7 Å². The highest BCUT2D eigenvalue weighted by molar-refractivity contribution is 5.65. The Kier molecular flexibility index (Phi) is 3.83. The van der Waals surface area contributed by atoms with Crippen LogP contribution in [0.15, 0.2) is 54.7 Å². The summed E-state index contributed by atoms with van der Waals surface area (Å²) in [4.78, 5) is 10.8. The molecule has 1 aromatic heterocycles. The van der Waals surface area contributed by atoms with Gasteiger partial charge in [0.15, 0.2) is 0 Å². The summed E-state index contributed by atoms with van der Waals surface area (Å²) in [6.45, 7) is 1.16. The average molecular weight is 320 g/mol. The SMILES string of the molecule is Fc1ccc(COc2[c]cnc(N3CCc4ccccc43)n2)cc1. The first-order valence-electron chi connectivity index (χ1n) is 7.77. The van der Waals surface area contributed by atoms with Gasteiger partial charge < -0.3 is 9.64 Å². The molecule has 0 saturated heterocycles. The van der Waals surface area contributed by atoms with Gasteiger partial charge in [0.05, 0.1) is 6.07 Å². The molecule has 0 spiro atoms. The van der Waals surface area contributed by atoms with Crippen molar-refractivity contribution in [2.24, 2.45) is 0 Å². The molecule has 0 unspecified atom stereocenters. The van der Waals surface area contributed by atoms with Crippen LogP contribution in [0.4, 0.5) is 16.0 Å². The van der Waals surface area contributed by atoms with Crippen molar-refractivity contribution < 1.29 is 9.13 Å². The fourth-order valence-electron chi connectivity index (χ4n) is 2.78. The van der Waals surface area contributed by atoms with Gasteiger partial charge in [-0.2, -0.15) is 4.98 Å². The maximum Gasteiger partial charge on any atom is 0.233 e. The number of hydrogen-bond donors (Lipinski definition) is 0. The smallest absolute Gasteiger partial charge is 0.233 e. The molecule has 4 rings (SSSR count). The lowest BCUT2D eigenvalue weighted by Gasteiger charge is -2.17. The zero-order valence-electron chi connectivity index (χ0n) is 12.9. The van der Waals surface area contributed by atoms with Crippen LogP contribution < -0.4 is 9.64 Å². The fraction of sp³-hybridized carbons (Fsp3) is 0.158. The van der Waals surface area contributed by atoms with Gasteiger partial charge in [0, 0.05) is 18.4 Å². The number of hydrogen-bond acceptors (Lipinski definition) is 4. The van der Waals surface area contributed by atoms with Gasteiger partial charge in [0.2, 0.25) is 11.8 Å². The molecule has 0 amide bonds. The van der Waals surface area contributed by atoms with Crippen molar-refractivity contribution in [2.45, 2.75) is 13.0 Å². The Morgan fingerprint density at radius 2 is 1.96 bits per heavy atom. The summed E-state index contributed by atoms with van der Waals surface area (Å²) >= 11 is 0. The van der Waals surface area contributed by atoms with Gasteiger partial charge >= 0.3 is 0 Å². The van der Waals surface area contributed by atoms with Gasteiger partial charge in [-0.1, -0.05) is 30.3 Å². The van der Waals surface area contributed by atoms with E-state index < -0.39 is 0 Å². The lowest BCUT2D eigenvalue weighted by atomic mass is 10.2. The Morgan fingerprint density at radius 1 is 1.12 bits per heavy atom. The second-order valence-corrected chi connectivity index (χ2v) is 5.56. The molecule has 119 valence electrons. The van der Waals surface area contributed by atoms with E-state index in [1.165, 1.54) is 17.7 Å². The molecular weight excluding hydrogens is 305 g/mol. The fourth-order valence-corrected chi connectivity index (χ4v) is 2.78. The van der Waals surface area contributed by atoms with Crippen molar-refractivity contribution in [3.8, 4) is 5.88 Å². The average Bonchev–Trinajstić information content (AvgIpc) is 3.06. The van der Waals surface area contributed by atoms with E-state index in [-0.39, 0.29) is 5.82 Å². The van der Waals surface area contributed by atoms with E-state index in [9.17, 15) is 4.39 Å². The third kappa shape index (κ3) is 2.93. The van der Waals surface area contributed by atoms with Crippen LogP contribution in [0.3, 0.4) is 0 Å². The normalized spacial score (nSPS) is 13.0. The number of para-hydroxylation sites is 1. The monoisotopic (exact) mass is 320 g/mol. The van der Waals surface area contributed by atoms with Crippen LogP contribution >= 0.6 is 0 Å². The van der Waals surface area contributed by atoms with Crippen LogP contribution in [0.2, 0.25) is 0 Å². The van der Waals surface area contributed by atoms with Crippen LogP contribution in [0.1, 0.15) is 11.1 Å². The minimum Gasteiger partial charge on any atom is -0.472 e. The van der Waals surface area contributed by atoms with E-state index in [1.807, 2.05) is 12.1 Å². The van der Waals surface area contributed by atoms with Crippen molar-refractivity contribution >= 4 is 11.6 Å². The van der Waals surface area contributed by atoms with Crippen LogP contribution in [-0.4, -0.2) is 16.5 Å². The number of rotatable bonds is 4. The van der Waals surface area contributed by atoms with Crippen LogP contribution in [0.25, 0.3) is 0 Å².